The molecule has 2 N–H and O–H groups in total. The number of hydrogen-bond acceptors (Lipinski definition) is 5. The summed E-state index contributed by atoms with van der Waals surface area (Å²) in [5.74, 6) is 0.563. The summed E-state index contributed by atoms with van der Waals surface area (Å²) in [5, 5.41) is 21.9. The minimum Gasteiger partial charge on any atom is -0.507 e. The monoisotopic (exact) mass is 278 g/mol. The summed E-state index contributed by atoms with van der Waals surface area (Å²) in [4.78, 5) is 4.11. The van der Waals surface area contributed by atoms with Gasteiger partial charge in [-0.15, -0.1) is 10.2 Å². The average Bonchev–Trinajstić information content (AvgIpc) is 2.56. The van der Waals surface area contributed by atoms with Crippen LogP contribution in [0.2, 0.25) is 0 Å². The predicted molar refractivity (Wildman–Crippen MR) is 79.9 cm³/mol. The predicted octanol–water partition coefficient (Wildman–Crippen LogP) is 3.58. The number of benzene rings is 1. The van der Waals surface area contributed by atoms with Crippen LogP contribution in [0.1, 0.15) is 5.56 Å². The lowest BCUT2D eigenvalue weighted by Gasteiger charge is -2.30. The smallest absolute Gasteiger partial charge is 0.233 e. The molecule has 1 aliphatic rings. The van der Waals surface area contributed by atoms with Gasteiger partial charge in [0.25, 0.3) is 0 Å². The quantitative estimate of drug-likeness (QED) is 0.843. The fraction of sp³-hybridized carbons (Fsp3) is 0.0625. The molecule has 0 saturated heterocycles. The Bertz CT molecular complexity index is 695. The normalized spacial score (nSPS) is 21.0. The van der Waals surface area contributed by atoms with Crippen LogP contribution in [0.5, 0.6) is 0 Å². The molecular weight excluding hydrogens is 264 g/mol. The molecule has 1 aromatic heterocycles. The first kappa shape index (κ1) is 13.1. The van der Waals surface area contributed by atoms with Crippen LogP contribution in [0.4, 0.5) is 5.82 Å². The number of nitrogens with zero attached hydrogens (tertiary/aromatic N) is 3. The van der Waals surface area contributed by atoms with Crippen LogP contribution in [0, 0.1) is 0 Å². The number of azo groups is 1. The van der Waals surface area contributed by atoms with Gasteiger partial charge in [0.1, 0.15) is 5.76 Å². The van der Waals surface area contributed by atoms with Gasteiger partial charge < -0.3 is 10.4 Å². The van der Waals surface area contributed by atoms with Crippen LogP contribution in [0.15, 0.2) is 89.1 Å². The maximum absolute atomic E-state index is 10.3. The molecule has 0 amide bonds. The fourth-order valence-corrected chi connectivity index (χ4v) is 2.09. The summed E-state index contributed by atoms with van der Waals surface area (Å²) in [6.45, 7) is 0. The van der Waals surface area contributed by atoms with E-state index in [0.29, 0.717) is 5.82 Å². The number of aliphatic hydroxyl groups excluding tert-OH is 1. The first-order chi connectivity index (χ1) is 10.3. The fourth-order valence-electron chi connectivity index (χ4n) is 2.09. The summed E-state index contributed by atoms with van der Waals surface area (Å²) in [5.41, 5.74) is -0.323. The molecule has 3 rings (SSSR count). The Morgan fingerprint density at radius 1 is 1.05 bits per heavy atom. The molecular formula is C16H14N4O. The van der Waals surface area contributed by atoms with Crippen molar-refractivity contribution in [1.29, 1.82) is 0 Å². The SMILES string of the molecule is OC1=CC=CNC1(N=Nc1ccccn1)c1ccccc1. The Labute approximate surface area is 122 Å². The highest BCUT2D eigenvalue weighted by atomic mass is 16.3. The Balaban J connectivity index is 2.04. The topological polar surface area (TPSA) is 69.9 Å². The van der Waals surface area contributed by atoms with Gasteiger partial charge in [0.05, 0.1) is 0 Å². The highest BCUT2D eigenvalue weighted by molar-refractivity contribution is 5.36. The number of hydrogen-bond donors (Lipinski definition) is 2. The molecule has 5 nitrogen and oxygen atoms in total. The molecule has 0 fully saturated rings. The Hall–Kier alpha value is -2.95. The molecule has 0 saturated carbocycles. The Morgan fingerprint density at radius 2 is 1.86 bits per heavy atom. The van der Waals surface area contributed by atoms with E-state index in [4.69, 9.17) is 0 Å². The van der Waals surface area contributed by atoms with Crippen molar-refractivity contribution in [3.8, 4) is 0 Å². The van der Waals surface area contributed by atoms with Crippen LogP contribution in [-0.4, -0.2) is 10.1 Å². The van der Waals surface area contributed by atoms with Crippen LogP contribution in [-0.2, 0) is 5.66 Å². The molecule has 0 aliphatic carbocycles. The molecule has 2 aromatic rings. The highest BCUT2D eigenvalue weighted by Gasteiger charge is 2.37. The van der Waals surface area contributed by atoms with Crippen molar-refractivity contribution in [1.82, 2.24) is 10.3 Å². The summed E-state index contributed by atoms with van der Waals surface area (Å²) in [7, 11) is 0. The third-order valence-electron chi connectivity index (χ3n) is 3.16. The molecule has 1 aromatic carbocycles. The lowest BCUT2D eigenvalue weighted by molar-refractivity contribution is 0.265. The zero-order valence-electron chi connectivity index (χ0n) is 11.2. The van der Waals surface area contributed by atoms with Gasteiger partial charge in [0.15, 0.2) is 5.82 Å². The number of aromatic nitrogens is 1. The molecule has 21 heavy (non-hydrogen) atoms. The van der Waals surface area contributed by atoms with E-state index in [-0.39, 0.29) is 5.76 Å². The van der Waals surface area contributed by atoms with E-state index in [2.05, 4.69) is 20.5 Å². The molecule has 1 aliphatic heterocycles. The van der Waals surface area contributed by atoms with Crippen molar-refractivity contribution in [2.45, 2.75) is 5.66 Å². The standard InChI is InChI=1S/C16H14N4O/c21-14-9-6-12-18-16(14,13-7-2-1-3-8-13)20-19-15-10-4-5-11-17-15/h1-12,18,21H. The third kappa shape index (κ3) is 2.53. The van der Waals surface area contributed by atoms with E-state index in [1.807, 2.05) is 42.5 Å². The lowest BCUT2D eigenvalue weighted by Crippen LogP contribution is -2.40. The van der Waals surface area contributed by atoms with Gasteiger partial charge in [-0.1, -0.05) is 36.4 Å². The van der Waals surface area contributed by atoms with E-state index in [1.54, 1.807) is 30.6 Å². The molecule has 0 radical (unpaired) electrons. The zero-order valence-corrected chi connectivity index (χ0v) is 11.2. The molecule has 1 atom stereocenters. The van der Waals surface area contributed by atoms with Crippen LogP contribution >= 0.6 is 0 Å². The first-order valence-corrected chi connectivity index (χ1v) is 6.55. The van der Waals surface area contributed by atoms with Gasteiger partial charge >= 0.3 is 0 Å². The zero-order chi connectivity index (χ0) is 14.5. The highest BCUT2D eigenvalue weighted by Crippen LogP contribution is 2.32. The minimum absolute atomic E-state index is 0.0795. The van der Waals surface area contributed by atoms with Crippen molar-refractivity contribution in [2.75, 3.05) is 0 Å². The van der Waals surface area contributed by atoms with E-state index in [1.165, 1.54) is 0 Å². The van der Waals surface area contributed by atoms with Gasteiger partial charge in [-0.05, 0) is 30.5 Å². The van der Waals surface area contributed by atoms with Crippen LogP contribution < -0.4 is 5.32 Å². The van der Waals surface area contributed by atoms with Crippen LogP contribution in [0.25, 0.3) is 0 Å². The number of rotatable bonds is 3. The average molecular weight is 278 g/mol. The molecule has 5 heteroatoms. The maximum Gasteiger partial charge on any atom is 0.233 e. The summed E-state index contributed by atoms with van der Waals surface area (Å²) < 4.78 is 0. The number of pyridine rings is 1. The molecule has 0 bridgehead atoms. The van der Waals surface area contributed by atoms with Crippen molar-refractivity contribution in [3.05, 3.63) is 84.4 Å². The summed E-state index contributed by atoms with van der Waals surface area (Å²) >= 11 is 0. The number of nitrogens with one attached hydrogen (secondary N) is 1. The van der Waals surface area contributed by atoms with Gasteiger partial charge in [-0.3, -0.25) is 0 Å². The lowest BCUT2D eigenvalue weighted by atomic mass is 9.96. The Kier molecular flexibility index (Phi) is 3.47. The second-order valence-corrected chi connectivity index (χ2v) is 4.52. The third-order valence-corrected chi connectivity index (χ3v) is 3.16. The molecule has 1 unspecified atom stereocenters. The first-order valence-electron chi connectivity index (χ1n) is 6.55. The van der Waals surface area contributed by atoms with Crippen LogP contribution in [0.3, 0.4) is 0 Å². The van der Waals surface area contributed by atoms with Gasteiger partial charge in [0.2, 0.25) is 5.66 Å². The summed E-state index contributed by atoms with van der Waals surface area (Å²) in [6, 6.07) is 14.8. The van der Waals surface area contributed by atoms with E-state index in [9.17, 15) is 5.11 Å². The van der Waals surface area contributed by atoms with Crippen molar-refractivity contribution in [2.24, 2.45) is 10.2 Å². The molecule has 2 heterocycles. The summed E-state index contributed by atoms with van der Waals surface area (Å²) in [6.07, 6.45) is 6.69. The van der Waals surface area contributed by atoms with Gasteiger partial charge in [0, 0.05) is 11.8 Å². The minimum atomic E-state index is -1.12. The van der Waals surface area contributed by atoms with Crippen molar-refractivity contribution >= 4 is 5.82 Å². The number of allylic oxidation sites excluding steroid dienone is 2. The van der Waals surface area contributed by atoms with E-state index in [0.717, 1.165) is 5.56 Å². The van der Waals surface area contributed by atoms with E-state index >= 15 is 0 Å². The van der Waals surface area contributed by atoms with Crippen molar-refractivity contribution < 1.29 is 5.11 Å². The molecule has 104 valence electrons. The second-order valence-electron chi connectivity index (χ2n) is 4.52. The van der Waals surface area contributed by atoms with Gasteiger partial charge in [-0.2, -0.15) is 0 Å². The Morgan fingerprint density at radius 3 is 2.57 bits per heavy atom. The number of aliphatic hydroxyl groups is 1. The maximum atomic E-state index is 10.3. The van der Waals surface area contributed by atoms with Gasteiger partial charge in [-0.25, -0.2) is 4.98 Å². The molecule has 0 spiro atoms. The largest absolute Gasteiger partial charge is 0.507 e. The number of dihydropyridines is 1. The van der Waals surface area contributed by atoms with Crippen molar-refractivity contribution in [3.63, 3.8) is 0 Å². The van der Waals surface area contributed by atoms with E-state index < -0.39 is 5.66 Å². The second kappa shape index (κ2) is 5.58.